The Hall–Kier alpha value is -3.14. The zero-order chi connectivity index (χ0) is 29.1. The second-order valence-electron chi connectivity index (χ2n) is 11.6. The first-order chi connectivity index (χ1) is 18.8. The third kappa shape index (κ3) is 7.53. The van der Waals surface area contributed by atoms with E-state index in [4.69, 9.17) is 5.73 Å². The van der Waals surface area contributed by atoms with Gasteiger partial charge in [0.1, 0.15) is 5.82 Å². The van der Waals surface area contributed by atoms with E-state index in [1.165, 1.54) is 16.6 Å². The van der Waals surface area contributed by atoms with E-state index in [2.05, 4.69) is 10.3 Å². The van der Waals surface area contributed by atoms with E-state index in [0.717, 1.165) is 36.8 Å². The summed E-state index contributed by atoms with van der Waals surface area (Å²) < 4.78 is 39.7. The predicted molar refractivity (Wildman–Crippen MR) is 158 cm³/mol. The number of benzene rings is 2. The molecule has 0 saturated heterocycles. The van der Waals surface area contributed by atoms with Crippen LogP contribution >= 0.6 is 0 Å². The second-order valence-corrected chi connectivity index (χ2v) is 13.7. The number of amides is 1. The highest BCUT2D eigenvalue weighted by molar-refractivity contribution is 7.88. The summed E-state index contributed by atoms with van der Waals surface area (Å²) in [5, 5.41) is 2.96. The van der Waals surface area contributed by atoms with Crippen molar-refractivity contribution in [2.45, 2.75) is 51.5 Å². The van der Waals surface area contributed by atoms with Gasteiger partial charge in [-0.2, -0.15) is 0 Å². The third-order valence-electron chi connectivity index (χ3n) is 7.76. The number of carbonyl (C=O) groups excluding carboxylic acids is 1. The fourth-order valence-corrected chi connectivity index (χ4v) is 5.78. The first-order valence-corrected chi connectivity index (χ1v) is 15.5. The Labute approximate surface area is 237 Å². The molecule has 1 aliphatic carbocycles. The molecule has 1 heterocycles. The lowest BCUT2D eigenvalue weighted by Gasteiger charge is -2.30. The Morgan fingerprint density at radius 2 is 1.68 bits per heavy atom. The maximum atomic E-state index is 14.9. The van der Waals surface area contributed by atoms with E-state index < -0.39 is 15.6 Å². The van der Waals surface area contributed by atoms with Crippen LogP contribution in [0.15, 0.2) is 60.8 Å². The lowest BCUT2D eigenvalue weighted by molar-refractivity contribution is -0.117. The highest BCUT2D eigenvalue weighted by atomic mass is 32.2. The van der Waals surface area contributed by atoms with Crippen LogP contribution in [0.2, 0.25) is 0 Å². The maximum absolute atomic E-state index is 14.9. The van der Waals surface area contributed by atoms with E-state index in [9.17, 15) is 17.6 Å². The van der Waals surface area contributed by atoms with Crippen molar-refractivity contribution in [2.24, 2.45) is 17.6 Å². The highest BCUT2D eigenvalue weighted by Crippen LogP contribution is 2.35. The zero-order valence-electron chi connectivity index (χ0n) is 23.7. The summed E-state index contributed by atoms with van der Waals surface area (Å²) in [5.74, 6) is 0.0692. The molecule has 1 aromatic heterocycles. The van der Waals surface area contributed by atoms with Gasteiger partial charge in [0.2, 0.25) is 15.9 Å². The molecule has 9 heteroatoms. The molecule has 40 heavy (non-hydrogen) atoms. The summed E-state index contributed by atoms with van der Waals surface area (Å²) in [6.07, 6.45) is 6.75. The molecule has 1 aliphatic rings. The van der Waals surface area contributed by atoms with Crippen LogP contribution in [0.5, 0.6) is 0 Å². The van der Waals surface area contributed by atoms with Crippen molar-refractivity contribution in [3.63, 3.8) is 0 Å². The van der Waals surface area contributed by atoms with Crippen molar-refractivity contribution in [3.05, 3.63) is 72.2 Å². The molecule has 1 amide bonds. The van der Waals surface area contributed by atoms with E-state index in [-0.39, 0.29) is 17.6 Å². The highest BCUT2D eigenvalue weighted by Gasteiger charge is 2.26. The number of aromatic nitrogens is 1. The minimum absolute atomic E-state index is 0.111. The lowest BCUT2D eigenvalue weighted by atomic mass is 9.80. The lowest BCUT2D eigenvalue weighted by Crippen LogP contribution is -2.33. The summed E-state index contributed by atoms with van der Waals surface area (Å²) in [7, 11) is -1.58. The van der Waals surface area contributed by atoms with Gasteiger partial charge in [0, 0.05) is 42.2 Å². The van der Waals surface area contributed by atoms with Crippen molar-refractivity contribution >= 4 is 21.6 Å². The summed E-state index contributed by atoms with van der Waals surface area (Å²) >= 11 is 0. The summed E-state index contributed by atoms with van der Waals surface area (Å²) in [6, 6.07) is 16.1. The molecule has 0 atom stereocenters. The summed E-state index contributed by atoms with van der Waals surface area (Å²) in [6.45, 7) is 4.39. The first kappa shape index (κ1) is 29.8. The number of nitrogens with one attached hydrogen (secondary N) is 1. The number of anilines is 1. The number of hydrogen-bond acceptors (Lipinski definition) is 5. The van der Waals surface area contributed by atoms with Gasteiger partial charge >= 0.3 is 0 Å². The minimum Gasteiger partial charge on any atom is -0.325 e. The molecule has 0 unspecified atom stereocenters. The van der Waals surface area contributed by atoms with Gasteiger partial charge in [-0.25, -0.2) is 17.1 Å². The van der Waals surface area contributed by atoms with Crippen LogP contribution < -0.4 is 11.1 Å². The first-order valence-electron chi connectivity index (χ1n) is 13.7. The van der Waals surface area contributed by atoms with Gasteiger partial charge in [-0.1, -0.05) is 42.5 Å². The monoisotopic (exact) mass is 566 g/mol. The number of sulfonamides is 1. The normalized spacial score (nSPS) is 18.1. The number of rotatable bonds is 9. The topological polar surface area (TPSA) is 105 Å². The molecule has 2 aromatic carbocycles. The zero-order valence-corrected chi connectivity index (χ0v) is 24.5. The minimum atomic E-state index is -3.19. The second kappa shape index (κ2) is 12.2. The fraction of sp³-hybridized carbons (Fsp3) is 0.419. The van der Waals surface area contributed by atoms with Crippen LogP contribution in [0.3, 0.4) is 0 Å². The molecule has 0 spiro atoms. The molecule has 214 valence electrons. The number of nitrogens with zero attached hydrogens (tertiary/aromatic N) is 2. The van der Waals surface area contributed by atoms with E-state index in [0.29, 0.717) is 41.4 Å². The SMILES string of the molecule is CN(CC1CCC(CC(=O)Nc2cnc(-c3ccc(C(C)(C)N)cc3)c(-c3ccccc3F)c2)CC1)S(C)(=O)=O. The van der Waals surface area contributed by atoms with Crippen molar-refractivity contribution in [2.75, 3.05) is 25.2 Å². The molecule has 7 nitrogen and oxygen atoms in total. The summed E-state index contributed by atoms with van der Waals surface area (Å²) in [5.41, 5.74) is 9.66. The standard InChI is InChI=1S/C31H39FN4O3S/c1-31(2,33)24-15-13-23(14-16-24)30-27(26-7-5-6-8-28(26)32)18-25(19-34-30)35-29(37)17-21-9-11-22(12-10-21)20-36(3)40(4,38)39/h5-8,13-16,18-19,21-22H,9-12,17,20,33H2,1-4H3,(H,35,37). The molecule has 1 fully saturated rings. The Morgan fingerprint density at radius 1 is 1.05 bits per heavy atom. The third-order valence-corrected chi connectivity index (χ3v) is 9.04. The number of pyridine rings is 1. The number of hydrogen-bond donors (Lipinski definition) is 2. The van der Waals surface area contributed by atoms with Crippen LogP contribution in [0.25, 0.3) is 22.4 Å². The van der Waals surface area contributed by atoms with Gasteiger partial charge in [-0.15, -0.1) is 0 Å². The predicted octanol–water partition coefficient (Wildman–Crippen LogP) is 5.77. The van der Waals surface area contributed by atoms with E-state index in [1.807, 2.05) is 38.1 Å². The van der Waals surface area contributed by atoms with Gasteiger partial charge in [0.25, 0.3) is 0 Å². The number of halogens is 1. The Bertz CT molecular complexity index is 1440. The van der Waals surface area contributed by atoms with Crippen LogP contribution in [0, 0.1) is 17.7 Å². The molecule has 0 radical (unpaired) electrons. The Morgan fingerprint density at radius 3 is 2.27 bits per heavy atom. The van der Waals surface area contributed by atoms with Gasteiger partial charge in [-0.3, -0.25) is 9.78 Å². The average Bonchev–Trinajstić information content (AvgIpc) is 2.89. The van der Waals surface area contributed by atoms with Gasteiger partial charge in [0.05, 0.1) is 23.8 Å². The Balaban J connectivity index is 1.48. The van der Waals surface area contributed by atoms with Crippen molar-refractivity contribution in [1.82, 2.24) is 9.29 Å². The molecule has 1 saturated carbocycles. The van der Waals surface area contributed by atoms with E-state index in [1.54, 1.807) is 37.5 Å². The largest absolute Gasteiger partial charge is 0.325 e. The van der Waals surface area contributed by atoms with Crippen molar-refractivity contribution in [1.29, 1.82) is 0 Å². The van der Waals surface area contributed by atoms with Crippen molar-refractivity contribution in [3.8, 4) is 22.4 Å². The Kier molecular flexibility index (Phi) is 9.07. The number of nitrogens with two attached hydrogens (primary N) is 1. The smallest absolute Gasteiger partial charge is 0.224 e. The van der Waals surface area contributed by atoms with E-state index >= 15 is 0 Å². The van der Waals surface area contributed by atoms with Crippen molar-refractivity contribution < 1.29 is 17.6 Å². The van der Waals surface area contributed by atoms with Gasteiger partial charge in [-0.05, 0) is 69.1 Å². The molecule has 3 aromatic rings. The molecule has 3 N–H and O–H groups in total. The average molecular weight is 567 g/mol. The van der Waals surface area contributed by atoms with Crippen LogP contribution in [0.4, 0.5) is 10.1 Å². The molecule has 0 aliphatic heterocycles. The summed E-state index contributed by atoms with van der Waals surface area (Å²) in [4.78, 5) is 17.6. The molecule has 0 bridgehead atoms. The number of carbonyl (C=O) groups is 1. The van der Waals surface area contributed by atoms with Gasteiger partial charge < -0.3 is 11.1 Å². The van der Waals surface area contributed by atoms with Crippen LogP contribution in [0.1, 0.15) is 51.5 Å². The van der Waals surface area contributed by atoms with Crippen LogP contribution in [-0.2, 0) is 20.4 Å². The van der Waals surface area contributed by atoms with Gasteiger partial charge in [0.15, 0.2) is 0 Å². The molecule has 4 rings (SSSR count). The van der Waals surface area contributed by atoms with Crippen LogP contribution in [-0.4, -0.2) is 43.5 Å². The quantitative estimate of drug-likeness (QED) is 0.342. The fourth-order valence-electron chi connectivity index (χ4n) is 5.30. The molecular formula is C31H39FN4O3S. The maximum Gasteiger partial charge on any atom is 0.224 e. The molecular weight excluding hydrogens is 527 g/mol.